The van der Waals surface area contributed by atoms with Gasteiger partial charge in [-0.15, -0.1) is 0 Å². The van der Waals surface area contributed by atoms with Crippen molar-refractivity contribution in [2.24, 2.45) is 0 Å². The topological polar surface area (TPSA) is 44.3 Å². The normalized spacial score (nSPS) is 21.7. The number of hydrogen-bond acceptors (Lipinski definition) is 6. The van der Waals surface area contributed by atoms with Gasteiger partial charge in [0.2, 0.25) is 5.13 Å². The number of anilines is 1. The third kappa shape index (κ3) is 4.37. The Morgan fingerprint density at radius 2 is 1.95 bits per heavy atom. The highest BCUT2D eigenvalue weighted by Crippen LogP contribution is 2.39. The van der Waals surface area contributed by atoms with Gasteiger partial charge in [-0.3, -0.25) is 0 Å². The Kier molecular flexibility index (Phi) is 4.47. The van der Waals surface area contributed by atoms with Crippen molar-refractivity contribution in [2.45, 2.75) is 44.6 Å². The van der Waals surface area contributed by atoms with Crippen molar-refractivity contribution >= 4 is 16.7 Å². The van der Waals surface area contributed by atoms with E-state index in [0.717, 1.165) is 23.9 Å². The second-order valence-electron chi connectivity index (χ2n) is 7.14. The van der Waals surface area contributed by atoms with Crippen LogP contribution in [-0.4, -0.2) is 64.5 Å². The lowest BCUT2D eigenvalue weighted by Crippen LogP contribution is -2.46. The lowest BCUT2D eigenvalue weighted by molar-refractivity contribution is 0.147. The number of piperazine rings is 1. The maximum absolute atomic E-state index is 4.64. The second-order valence-corrected chi connectivity index (χ2v) is 7.89. The molecule has 0 spiro atoms. The van der Waals surface area contributed by atoms with Crippen LogP contribution in [0.15, 0.2) is 0 Å². The average molecular weight is 309 g/mol. The lowest BCUT2D eigenvalue weighted by Gasteiger charge is -2.35. The molecule has 6 heteroatoms. The standard InChI is InChI=1S/C15H27N5S/c1-15(2,6-7-20-10-8-19(3)9-11-20)17-14-16-13(18-21-14)12-4-5-12/h12H,4-11H2,1-3H3,(H,16,17,18). The fraction of sp³-hybridized carbons (Fsp3) is 0.867. The molecular formula is C15H27N5S. The van der Waals surface area contributed by atoms with E-state index in [2.05, 4.69) is 45.4 Å². The molecule has 1 aromatic heterocycles. The number of aromatic nitrogens is 2. The Balaban J connectivity index is 1.46. The molecule has 2 heterocycles. The summed E-state index contributed by atoms with van der Waals surface area (Å²) in [6.45, 7) is 10.4. The Hall–Kier alpha value is -0.720. The minimum Gasteiger partial charge on any atom is -0.355 e. The predicted molar refractivity (Wildman–Crippen MR) is 88.1 cm³/mol. The van der Waals surface area contributed by atoms with Gasteiger partial charge in [0.05, 0.1) is 0 Å². The summed E-state index contributed by atoms with van der Waals surface area (Å²) in [7, 11) is 2.20. The SMILES string of the molecule is CN1CCN(CCC(C)(C)Nc2nc(C3CC3)ns2)CC1. The molecule has 5 nitrogen and oxygen atoms in total. The average Bonchev–Trinajstić information content (AvgIpc) is 3.19. The minimum absolute atomic E-state index is 0.0731. The zero-order valence-corrected chi connectivity index (χ0v) is 14.2. The largest absolute Gasteiger partial charge is 0.355 e. The summed E-state index contributed by atoms with van der Waals surface area (Å²) in [4.78, 5) is 9.61. The summed E-state index contributed by atoms with van der Waals surface area (Å²) in [5.74, 6) is 1.70. The zero-order chi connectivity index (χ0) is 14.9. The first-order valence-corrected chi connectivity index (χ1v) is 8.82. The quantitative estimate of drug-likeness (QED) is 0.873. The Labute approximate surface area is 131 Å². The van der Waals surface area contributed by atoms with Crippen LogP contribution in [0.25, 0.3) is 0 Å². The molecule has 2 aliphatic rings. The molecule has 2 fully saturated rings. The number of hydrogen-bond donors (Lipinski definition) is 1. The van der Waals surface area contributed by atoms with Gasteiger partial charge in [0.1, 0.15) is 5.82 Å². The molecule has 118 valence electrons. The maximum Gasteiger partial charge on any atom is 0.202 e. The molecule has 1 N–H and O–H groups in total. The van der Waals surface area contributed by atoms with Crippen LogP contribution in [0.2, 0.25) is 0 Å². The fourth-order valence-electron chi connectivity index (χ4n) is 2.65. The second kappa shape index (κ2) is 6.18. The van der Waals surface area contributed by atoms with Crippen LogP contribution in [0.1, 0.15) is 44.9 Å². The summed E-state index contributed by atoms with van der Waals surface area (Å²) in [5, 5.41) is 4.56. The van der Waals surface area contributed by atoms with Gasteiger partial charge in [0.15, 0.2) is 0 Å². The summed E-state index contributed by atoms with van der Waals surface area (Å²) in [6, 6.07) is 0. The Morgan fingerprint density at radius 3 is 2.62 bits per heavy atom. The van der Waals surface area contributed by atoms with Crippen molar-refractivity contribution in [3.63, 3.8) is 0 Å². The number of rotatable bonds is 6. The van der Waals surface area contributed by atoms with Crippen LogP contribution >= 0.6 is 11.5 Å². The first-order valence-electron chi connectivity index (χ1n) is 8.04. The van der Waals surface area contributed by atoms with Gasteiger partial charge in [-0.25, -0.2) is 4.98 Å². The van der Waals surface area contributed by atoms with Crippen molar-refractivity contribution in [3.8, 4) is 0 Å². The molecule has 0 atom stereocenters. The zero-order valence-electron chi connectivity index (χ0n) is 13.4. The first kappa shape index (κ1) is 15.2. The van der Waals surface area contributed by atoms with Crippen molar-refractivity contribution in [1.29, 1.82) is 0 Å². The van der Waals surface area contributed by atoms with E-state index in [9.17, 15) is 0 Å². The highest BCUT2D eigenvalue weighted by atomic mass is 32.1. The highest BCUT2D eigenvalue weighted by molar-refractivity contribution is 7.09. The molecule has 21 heavy (non-hydrogen) atoms. The molecule has 1 saturated heterocycles. The molecule has 0 radical (unpaired) electrons. The van der Waals surface area contributed by atoms with E-state index in [1.165, 1.54) is 50.6 Å². The molecule has 1 aliphatic heterocycles. The Bertz CT molecular complexity index is 460. The maximum atomic E-state index is 4.64. The van der Waals surface area contributed by atoms with Gasteiger partial charge in [0.25, 0.3) is 0 Å². The molecule has 0 unspecified atom stereocenters. The first-order chi connectivity index (χ1) is 10.0. The molecule has 3 rings (SSSR count). The van der Waals surface area contributed by atoms with Crippen LogP contribution in [0, 0.1) is 0 Å². The van der Waals surface area contributed by atoms with Crippen LogP contribution < -0.4 is 5.32 Å². The number of nitrogens with one attached hydrogen (secondary N) is 1. The number of likely N-dealkylation sites (N-methyl/N-ethyl adjacent to an activating group) is 1. The summed E-state index contributed by atoms with van der Waals surface area (Å²) < 4.78 is 4.47. The van der Waals surface area contributed by atoms with Gasteiger partial charge in [-0.05, 0) is 40.2 Å². The van der Waals surface area contributed by atoms with Crippen LogP contribution in [0.3, 0.4) is 0 Å². The highest BCUT2D eigenvalue weighted by Gasteiger charge is 2.29. The van der Waals surface area contributed by atoms with E-state index in [-0.39, 0.29) is 5.54 Å². The third-order valence-corrected chi connectivity index (χ3v) is 5.12. The van der Waals surface area contributed by atoms with E-state index >= 15 is 0 Å². The minimum atomic E-state index is 0.0731. The fourth-order valence-corrected chi connectivity index (χ4v) is 3.48. The predicted octanol–water partition coefficient (Wildman–Crippen LogP) is 2.24. The molecule has 0 aromatic carbocycles. The van der Waals surface area contributed by atoms with Gasteiger partial charge in [-0.2, -0.15) is 4.37 Å². The van der Waals surface area contributed by atoms with E-state index < -0.39 is 0 Å². The lowest BCUT2D eigenvalue weighted by atomic mass is 10.0. The van der Waals surface area contributed by atoms with E-state index in [1.807, 2.05) is 0 Å². The van der Waals surface area contributed by atoms with E-state index in [1.54, 1.807) is 0 Å². The molecule has 0 bridgehead atoms. The molecular weight excluding hydrogens is 282 g/mol. The summed E-state index contributed by atoms with van der Waals surface area (Å²) in [5.41, 5.74) is 0.0731. The van der Waals surface area contributed by atoms with Crippen molar-refractivity contribution in [2.75, 3.05) is 45.1 Å². The van der Waals surface area contributed by atoms with Crippen LogP contribution in [-0.2, 0) is 0 Å². The van der Waals surface area contributed by atoms with E-state index in [4.69, 9.17) is 0 Å². The summed E-state index contributed by atoms with van der Waals surface area (Å²) in [6.07, 6.45) is 3.67. The van der Waals surface area contributed by atoms with Crippen molar-refractivity contribution in [3.05, 3.63) is 5.82 Å². The summed E-state index contributed by atoms with van der Waals surface area (Å²) >= 11 is 1.51. The van der Waals surface area contributed by atoms with Crippen molar-refractivity contribution in [1.82, 2.24) is 19.2 Å². The van der Waals surface area contributed by atoms with Gasteiger partial charge in [0, 0.05) is 55.7 Å². The van der Waals surface area contributed by atoms with Gasteiger partial charge in [-0.1, -0.05) is 0 Å². The van der Waals surface area contributed by atoms with Crippen molar-refractivity contribution < 1.29 is 0 Å². The van der Waals surface area contributed by atoms with E-state index in [0.29, 0.717) is 5.92 Å². The smallest absolute Gasteiger partial charge is 0.202 e. The molecule has 1 aromatic rings. The van der Waals surface area contributed by atoms with Crippen LogP contribution in [0.4, 0.5) is 5.13 Å². The van der Waals surface area contributed by atoms with Gasteiger partial charge >= 0.3 is 0 Å². The molecule has 1 aliphatic carbocycles. The third-order valence-electron chi connectivity index (χ3n) is 4.48. The monoisotopic (exact) mass is 309 g/mol. The molecule has 0 amide bonds. The Morgan fingerprint density at radius 1 is 1.24 bits per heavy atom. The molecule has 1 saturated carbocycles. The van der Waals surface area contributed by atoms with Crippen LogP contribution in [0.5, 0.6) is 0 Å². The van der Waals surface area contributed by atoms with Gasteiger partial charge < -0.3 is 15.1 Å². The number of nitrogens with zero attached hydrogens (tertiary/aromatic N) is 4.